The molecule has 1 aliphatic heterocycles. The van der Waals surface area contributed by atoms with Crippen molar-refractivity contribution in [1.29, 1.82) is 0 Å². The second kappa shape index (κ2) is 12.6. The Morgan fingerprint density at radius 3 is 2.58 bits per heavy atom. The molecule has 38 heavy (non-hydrogen) atoms. The van der Waals surface area contributed by atoms with E-state index in [-0.39, 0.29) is 18.9 Å². The number of amides is 1. The van der Waals surface area contributed by atoms with Crippen LogP contribution in [0.25, 0.3) is 5.00 Å². The van der Waals surface area contributed by atoms with Gasteiger partial charge in [-0.3, -0.25) is 14.4 Å². The first-order valence-electron chi connectivity index (χ1n) is 12.3. The van der Waals surface area contributed by atoms with E-state index >= 15 is 0 Å². The van der Waals surface area contributed by atoms with Crippen LogP contribution in [0.5, 0.6) is 0 Å². The van der Waals surface area contributed by atoms with E-state index in [0.29, 0.717) is 43.6 Å². The number of aromatic nitrogens is 3. The molecule has 0 spiro atoms. The first-order chi connectivity index (χ1) is 18.3. The topological polar surface area (TPSA) is 128 Å². The maximum absolute atomic E-state index is 12.9. The van der Waals surface area contributed by atoms with Crippen molar-refractivity contribution in [3.05, 3.63) is 62.5 Å². The monoisotopic (exact) mass is 559 g/mol. The number of carbonyl (C=O) groups excluding carboxylic acids is 1. The van der Waals surface area contributed by atoms with Crippen molar-refractivity contribution < 1.29 is 24.2 Å². The number of nitrogens with zero attached hydrogens (tertiary/aromatic N) is 4. The lowest BCUT2D eigenvalue weighted by atomic mass is 9.99. The first kappa shape index (κ1) is 27.9. The number of aliphatic imine (C=N–C) groups is 1. The Kier molecular flexibility index (Phi) is 9.26. The van der Waals surface area contributed by atoms with E-state index in [0.717, 1.165) is 33.2 Å². The summed E-state index contributed by atoms with van der Waals surface area (Å²) in [6.45, 7) is 7.14. The molecule has 0 saturated heterocycles. The number of rotatable bonds is 12. The summed E-state index contributed by atoms with van der Waals surface area (Å²) in [5, 5.41) is 21.8. The number of carbonyl (C=O) groups is 2. The van der Waals surface area contributed by atoms with E-state index < -0.39 is 12.0 Å². The molecule has 12 heteroatoms. The maximum Gasteiger partial charge on any atom is 0.329 e. The zero-order chi connectivity index (χ0) is 27.2. The average Bonchev–Trinajstić information content (AvgIpc) is 3.35. The predicted octanol–water partition coefficient (Wildman–Crippen LogP) is 3.81. The summed E-state index contributed by atoms with van der Waals surface area (Å²) in [7, 11) is 0. The van der Waals surface area contributed by atoms with Crippen molar-refractivity contribution in [3.63, 3.8) is 0 Å². The molecule has 1 atom stereocenters. The Bertz CT molecular complexity index is 1330. The molecule has 0 aliphatic carbocycles. The highest BCUT2D eigenvalue weighted by Crippen LogP contribution is 2.39. The highest BCUT2D eigenvalue weighted by Gasteiger charge is 2.32. The zero-order valence-corrected chi connectivity index (χ0v) is 23.1. The van der Waals surface area contributed by atoms with Crippen LogP contribution in [0.2, 0.25) is 5.02 Å². The van der Waals surface area contributed by atoms with Crippen LogP contribution in [-0.2, 0) is 19.1 Å². The first-order valence-corrected chi connectivity index (χ1v) is 13.5. The van der Waals surface area contributed by atoms with E-state index in [2.05, 4.69) is 29.4 Å². The molecule has 0 bridgehead atoms. The Labute approximate surface area is 229 Å². The molecule has 1 unspecified atom stereocenters. The van der Waals surface area contributed by atoms with Gasteiger partial charge in [0, 0.05) is 40.8 Å². The molecule has 10 nitrogen and oxygen atoms in total. The third kappa shape index (κ3) is 6.47. The number of hydrogen-bond acceptors (Lipinski definition) is 8. The normalized spacial score (nSPS) is 14.4. The number of carboxylic acids is 1. The van der Waals surface area contributed by atoms with E-state index in [4.69, 9.17) is 31.2 Å². The SMILES string of the molecule is Cc1sc2c(c1C)C(c1ccc(Cl)cc1)=NC(CC(=O)NCCOCCCOCC(=O)O)c1nnc(C)n1-2. The van der Waals surface area contributed by atoms with Gasteiger partial charge in [-0.05, 0) is 44.9 Å². The van der Waals surface area contributed by atoms with Gasteiger partial charge in [-0.1, -0.05) is 23.7 Å². The number of nitrogens with one attached hydrogen (secondary N) is 1. The summed E-state index contributed by atoms with van der Waals surface area (Å²) >= 11 is 7.82. The number of benzene rings is 1. The lowest BCUT2D eigenvalue weighted by Gasteiger charge is -2.13. The number of carboxylic acid groups (broad SMARTS) is 1. The molecule has 202 valence electrons. The Morgan fingerprint density at radius 1 is 1.11 bits per heavy atom. The summed E-state index contributed by atoms with van der Waals surface area (Å²) in [5.74, 6) is 0.192. The third-order valence-electron chi connectivity index (χ3n) is 6.11. The van der Waals surface area contributed by atoms with Gasteiger partial charge in [0.1, 0.15) is 23.5 Å². The molecular formula is C26H30ClN5O5S. The van der Waals surface area contributed by atoms with Gasteiger partial charge in [0.2, 0.25) is 5.91 Å². The van der Waals surface area contributed by atoms with Crippen molar-refractivity contribution in [1.82, 2.24) is 20.1 Å². The van der Waals surface area contributed by atoms with Crippen LogP contribution in [0.1, 0.15) is 52.1 Å². The molecular weight excluding hydrogens is 530 g/mol. The van der Waals surface area contributed by atoms with Crippen LogP contribution in [0.15, 0.2) is 29.3 Å². The van der Waals surface area contributed by atoms with Crippen LogP contribution in [0, 0.1) is 20.8 Å². The number of halogens is 1. The highest BCUT2D eigenvalue weighted by atomic mass is 35.5. The van der Waals surface area contributed by atoms with Crippen LogP contribution in [0.4, 0.5) is 0 Å². The lowest BCUT2D eigenvalue weighted by molar-refractivity contribution is -0.142. The Morgan fingerprint density at radius 2 is 1.84 bits per heavy atom. The molecule has 1 aromatic carbocycles. The molecule has 1 aliphatic rings. The number of thiophene rings is 1. The van der Waals surface area contributed by atoms with Crippen LogP contribution < -0.4 is 5.32 Å². The van der Waals surface area contributed by atoms with E-state index in [1.807, 2.05) is 35.8 Å². The standard InChI is InChI=1S/C26H30ClN5O5S/c1-15-16(2)38-26-23(15)24(18-5-7-19(27)8-6-18)29-20(25-31-30-17(3)32(25)26)13-21(33)28-9-12-36-10-4-11-37-14-22(34)35/h5-8,20H,4,9-14H2,1-3H3,(H,28,33)(H,34,35). The van der Waals surface area contributed by atoms with Crippen LogP contribution in [-0.4, -0.2) is 70.4 Å². The van der Waals surface area contributed by atoms with Crippen molar-refractivity contribution in [2.24, 2.45) is 4.99 Å². The van der Waals surface area contributed by atoms with Crippen LogP contribution >= 0.6 is 22.9 Å². The fourth-order valence-corrected chi connectivity index (χ4v) is 5.51. The molecule has 2 aromatic heterocycles. The zero-order valence-electron chi connectivity index (χ0n) is 21.5. The molecule has 4 rings (SSSR count). The molecule has 3 aromatic rings. The molecule has 2 N–H and O–H groups in total. The van der Waals surface area contributed by atoms with Gasteiger partial charge < -0.3 is 19.9 Å². The average molecular weight is 560 g/mol. The second-order valence-corrected chi connectivity index (χ2v) is 10.5. The van der Waals surface area contributed by atoms with E-state index in [1.54, 1.807) is 11.3 Å². The van der Waals surface area contributed by atoms with E-state index in [1.165, 1.54) is 4.88 Å². The minimum Gasteiger partial charge on any atom is -0.480 e. The lowest BCUT2D eigenvalue weighted by Crippen LogP contribution is -2.29. The van der Waals surface area contributed by atoms with Crippen molar-refractivity contribution in [3.8, 4) is 5.00 Å². The quantitative estimate of drug-likeness (QED) is 0.323. The minimum absolute atomic E-state index is 0.102. The largest absolute Gasteiger partial charge is 0.480 e. The Hall–Kier alpha value is -3.12. The van der Waals surface area contributed by atoms with Gasteiger partial charge in [0.15, 0.2) is 5.82 Å². The molecule has 3 heterocycles. The molecule has 0 radical (unpaired) electrons. The number of hydrogen-bond donors (Lipinski definition) is 2. The summed E-state index contributed by atoms with van der Waals surface area (Å²) in [6.07, 6.45) is 0.675. The smallest absolute Gasteiger partial charge is 0.329 e. The van der Waals surface area contributed by atoms with Gasteiger partial charge in [-0.2, -0.15) is 0 Å². The molecule has 0 fully saturated rings. The number of aryl methyl sites for hydroxylation is 2. The minimum atomic E-state index is -0.999. The van der Waals surface area contributed by atoms with Gasteiger partial charge >= 0.3 is 5.97 Å². The summed E-state index contributed by atoms with van der Waals surface area (Å²) in [6, 6.07) is 7.02. The number of ether oxygens (including phenoxy) is 2. The van der Waals surface area contributed by atoms with Gasteiger partial charge in [-0.25, -0.2) is 4.79 Å². The van der Waals surface area contributed by atoms with Gasteiger partial charge in [0.25, 0.3) is 0 Å². The Balaban J connectivity index is 1.47. The van der Waals surface area contributed by atoms with Crippen molar-refractivity contribution in [2.75, 3.05) is 33.0 Å². The van der Waals surface area contributed by atoms with Crippen molar-refractivity contribution in [2.45, 2.75) is 39.7 Å². The van der Waals surface area contributed by atoms with Gasteiger partial charge in [-0.15, -0.1) is 21.5 Å². The predicted molar refractivity (Wildman–Crippen MR) is 145 cm³/mol. The second-order valence-electron chi connectivity index (χ2n) is 8.87. The van der Waals surface area contributed by atoms with Crippen LogP contribution in [0.3, 0.4) is 0 Å². The van der Waals surface area contributed by atoms with Gasteiger partial charge in [0.05, 0.1) is 18.7 Å². The molecule has 0 saturated carbocycles. The number of aliphatic carboxylic acids is 1. The van der Waals surface area contributed by atoms with Crippen molar-refractivity contribution >= 4 is 40.5 Å². The van der Waals surface area contributed by atoms with E-state index in [9.17, 15) is 9.59 Å². The molecule has 1 amide bonds. The number of fused-ring (bicyclic) bond motifs is 3. The summed E-state index contributed by atoms with van der Waals surface area (Å²) in [5.41, 5.74) is 3.87. The third-order valence-corrected chi connectivity index (χ3v) is 7.55. The summed E-state index contributed by atoms with van der Waals surface area (Å²) < 4.78 is 12.5. The highest BCUT2D eigenvalue weighted by molar-refractivity contribution is 7.15. The fourth-order valence-electron chi connectivity index (χ4n) is 4.17. The fraction of sp³-hybridized carbons (Fsp3) is 0.423. The summed E-state index contributed by atoms with van der Waals surface area (Å²) in [4.78, 5) is 29.6. The maximum atomic E-state index is 12.9.